The molecule has 0 N–H and O–H groups in total. The molecule has 0 fully saturated rings. The zero-order valence-electron chi connectivity index (χ0n) is 4.06. The summed E-state index contributed by atoms with van der Waals surface area (Å²) in [5.41, 5.74) is 1.05. The van der Waals surface area contributed by atoms with Gasteiger partial charge in [-0.05, 0) is 19.9 Å². The molecule has 0 aliphatic carbocycles. The van der Waals surface area contributed by atoms with Crippen molar-refractivity contribution in [1.82, 2.24) is 0 Å². The Bertz CT molecular complexity index is 72.1. The van der Waals surface area contributed by atoms with E-state index in [0.717, 1.165) is 11.9 Å². The number of allylic oxidation sites excluding steroid dienone is 2. The van der Waals surface area contributed by atoms with Gasteiger partial charge in [-0.1, -0.05) is 5.57 Å². The Morgan fingerprint density at radius 3 is 1.86 bits per heavy atom. The van der Waals surface area contributed by atoms with E-state index in [2.05, 4.69) is 0 Å². The molecule has 0 aromatic heterocycles. The van der Waals surface area contributed by atoms with Crippen molar-refractivity contribution in [3.8, 4) is 0 Å². The van der Waals surface area contributed by atoms with Crippen LogP contribution in [0, 0.1) is 0 Å². The molecule has 0 aliphatic rings. The van der Waals surface area contributed by atoms with Crippen molar-refractivity contribution in [3.63, 3.8) is 0 Å². The van der Waals surface area contributed by atoms with Gasteiger partial charge in [-0.25, -0.2) is 0 Å². The molecule has 0 radical (unpaired) electrons. The third kappa shape index (κ3) is 10.7. The monoisotopic (exact) mass is 108 g/mol. The van der Waals surface area contributed by atoms with Crippen LogP contribution < -0.4 is 0 Å². The summed E-state index contributed by atoms with van der Waals surface area (Å²) in [6, 6.07) is 0. The third-order valence-corrected chi connectivity index (χ3v) is 0.401. The molecule has 0 spiro atoms. The SMILES string of the molecule is CC(C)=CC=O.[NaH]. The summed E-state index contributed by atoms with van der Waals surface area (Å²) in [6.07, 6.45) is 2.31. The molecular weight excluding hydrogens is 99.0 g/mol. The predicted molar refractivity (Wildman–Crippen MR) is 32.6 cm³/mol. The Morgan fingerprint density at radius 2 is 1.86 bits per heavy atom. The zero-order valence-corrected chi connectivity index (χ0v) is 4.06. The van der Waals surface area contributed by atoms with E-state index < -0.39 is 0 Å². The molecule has 0 atom stereocenters. The maximum absolute atomic E-state index is 9.54. The molecule has 0 aromatic carbocycles. The standard InChI is InChI=1S/C5H8O.Na.H/c1-5(2)3-4-6;;/h3-4H,1-2H3;;. The molecule has 36 valence electrons. The Kier molecular flexibility index (Phi) is 9.53. The predicted octanol–water partition coefficient (Wildman–Crippen LogP) is 0.503. The van der Waals surface area contributed by atoms with Gasteiger partial charge >= 0.3 is 29.6 Å². The van der Waals surface area contributed by atoms with Gasteiger partial charge in [0.05, 0.1) is 0 Å². The fourth-order valence-corrected chi connectivity index (χ4v) is 0.136. The first-order valence-electron chi connectivity index (χ1n) is 1.86. The second kappa shape index (κ2) is 6.41. The summed E-state index contributed by atoms with van der Waals surface area (Å²) in [4.78, 5) is 9.54. The number of aldehydes is 1. The van der Waals surface area contributed by atoms with Crippen molar-refractivity contribution >= 4 is 35.8 Å². The van der Waals surface area contributed by atoms with Gasteiger partial charge in [0.15, 0.2) is 0 Å². The molecule has 0 bridgehead atoms. The third-order valence-electron chi connectivity index (χ3n) is 0.401. The van der Waals surface area contributed by atoms with E-state index in [1.165, 1.54) is 6.08 Å². The summed E-state index contributed by atoms with van der Waals surface area (Å²) >= 11 is 0. The Balaban J connectivity index is 0. The maximum atomic E-state index is 9.54. The molecule has 0 aliphatic heterocycles. The Labute approximate surface area is 66.1 Å². The summed E-state index contributed by atoms with van der Waals surface area (Å²) in [7, 11) is 0. The number of carbonyl (C=O) groups excluding carboxylic acids is 1. The topological polar surface area (TPSA) is 17.1 Å². The van der Waals surface area contributed by atoms with Gasteiger partial charge in [-0.15, -0.1) is 0 Å². The first kappa shape index (κ1) is 10.4. The van der Waals surface area contributed by atoms with Crippen molar-refractivity contribution in [1.29, 1.82) is 0 Å². The van der Waals surface area contributed by atoms with Gasteiger partial charge in [-0.2, -0.15) is 0 Å². The molecule has 0 unspecified atom stereocenters. The van der Waals surface area contributed by atoms with Crippen molar-refractivity contribution in [2.45, 2.75) is 13.8 Å². The average molecular weight is 108 g/mol. The van der Waals surface area contributed by atoms with Gasteiger partial charge in [0.2, 0.25) is 0 Å². The molecular formula is C5H9NaO. The van der Waals surface area contributed by atoms with Crippen LogP contribution in [-0.2, 0) is 4.79 Å². The van der Waals surface area contributed by atoms with E-state index in [0.29, 0.717) is 0 Å². The quantitative estimate of drug-likeness (QED) is 0.271. The van der Waals surface area contributed by atoms with Crippen LogP contribution >= 0.6 is 0 Å². The van der Waals surface area contributed by atoms with Crippen molar-refractivity contribution in [3.05, 3.63) is 11.6 Å². The summed E-state index contributed by atoms with van der Waals surface area (Å²) < 4.78 is 0. The fraction of sp³-hybridized carbons (Fsp3) is 0.400. The van der Waals surface area contributed by atoms with E-state index in [1.807, 2.05) is 13.8 Å². The minimum absolute atomic E-state index is 0. The molecule has 2 heteroatoms. The van der Waals surface area contributed by atoms with Gasteiger partial charge < -0.3 is 0 Å². The van der Waals surface area contributed by atoms with Gasteiger partial charge in [0.1, 0.15) is 6.29 Å². The molecule has 0 heterocycles. The Morgan fingerprint density at radius 1 is 1.43 bits per heavy atom. The summed E-state index contributed by atoms with van der Waals surface area (Å²) in [5, 5.41) is 0. The van der Waals surface area contributed by atoms with Crippen LogP contribution in [0.3, 0.4) is 0 Å². The normalized spacial score (nSPS) is 6.00. The first-order chi connectivity index (χ1) is 2.77. The molecule has 0 saturated heterocycles. The average Bonchev–Trinajstić information content (AvgIpc) is 1.35. The fourth-order valence-electron chi connectivity index (χ4n) is 0.136. The zero-order chi connectivity index (χ0) is 4.99. The molecule has 0 saturated carbocycles. The van der Waals surface area contributed by atoms with E-state index in [4.69, 9.17) is 0 Å². The second-order valence-corrected chi connectivity index (χ2v) is 1.38. The molecule has 0 rings (SSSR count). The molecule has 1 nitrogen and oxygen atoms in total. The van der Waals surface area contributed by atoms with E-state index in [9.17, 15) is 4.79 Å². The van der Waals surface area contributed by atoms with Gasteiger partial charge in [0.25, 0.3) is 0 Å². The van der Waals surface area contributed by atoms with E-state index in [1.54, 1.807) is 0 Å². The van der Waals surface area contributed by atoms with Crippen LogP contribution in [0.4, 0.5) is 0 Å². The minimum atomic E-state index is 0. The van der Waals surface area contributed by atoms with Crippen LogP contribution in [-0.4, -0.2) is 35.8 Å². The Hall–Kier alpha value is 0.410. The van der Waals surface area contributed by atoms with Crippen molar-refractivity contribution < 1.29 is 4.79 Å². The van der Waals surface area contributed by atoms with Gasteiger partial charge in [-0.3, -0.25) is 4.79 Å². The summed E-state index contributed by atoms with van der Waals surface area (Å²) in [5.74, 6) is 0. The summed E-state index contributed by atoms with van der Waals surface area (Å²) in [6.45, 7) is 3.77. The molecule has 0 aromatic rings. The van der Waals surface area contributed by atoms with E-state index >= 15 is 0 Å². The van der Waals surface area contributed by atoms with Crippen LogP contribution in [0.15, 0.2) is 11.6 Å². The number of hydrogen-bond donors (Lipinski definition) is 0. The first-order valence-corrected chi connectivity index (χ1v) is 1.86. The van der Waals surface area contributed by atoms with Crippen LogP contribution in [0.1, 0.15) is 13.8 Å². The van der Waals surface area contributed by atoms with Crippen LogP contribution in [0.5, 0.6) is 0 Å². The number of hydrogen-bond acceptors (Lipinski definition) is 1. The van der Waals surface area contributed by atoms with E-state index in [-0.39, 0.29) is 29.6 Å². The van der Waals surface area contributed by atoms with Crippen LogP contribution in [0.2, 0.25) is 0 Å². The number of carbonyl (C=O) groups is 1. The van der Waals surface area contributed by atoms with Gasteiger partial charge in [0, 0.05) is 0 Å². The van der Waals surface area contributed by atoms with Crippen molar-refractivity contribution in [2.24, 2.45) is 0 Å². The van der Waals surface area contributed by atoms with Crippen molar-refractivity contribution in [2.75, 3.05) is 0 Å². The molecule has 7 heavy (non-hydrogen) atoms. The number of rotatable bonds is 1. The second-order valence-electron chi connectivity index (χ2n) is 1.38. The molecule has 0 amide bonds. The van der Waals surface area contributed by atoms with Crippen LogP contribution in [0.25, 0.3) is 0 Å².